The highest BCUT2D eigenvalue weighted by molar-refractivity contribution is 6.27. The Labute approximate surface area is 363 Å². The first kappa shape index (κ1) is 38.5. The molecular weight excluding hydrogens is 747 g/mol. The van der Waals surface area contributed by atoms with Gasteiger partial charge in [0, 0.05) is 16.5 Å². The van der Waals surface area contributed by atoms with Crippen LogP contribution in [0.15, 0.2) is 231 Å². The molecule has 1 heteroatoms. The lowest BCUT2D eigenvalue weighted by Gasteiger charge is -2.17. The molecule has 0 saturated heterocycles. The molecule has 0 fully saturated rings. The number of para-hydroxylation sites is 2. The second-order valence-electron chi connectivity index (χ2n) is 16.2. The summed E-state index contributed by atoms with van der Waals surface area (Å²) in [7, 11) is 0. The third-order valence-electron chi connectivity index (χ3n) is 12.4. The minimum atomic E-state index is 0.973. The average molecular weight is 794 g/mol. The van der Waals surface area contributed by atoms with Crippen molar-refractivity contribution in [2.45, 2.75) is 20.3 Å². The molecule has 0 aliphatic carbocycles. The molecule has 0 radical (unpaired) electrons. The molecule has 11 aromatic carbocycles. The van der Waals surface area contributed by atoms with Gasteiger partial charge in [0.15, 0.2) is 0 Å². The van der Waals surface area contributed by atoms with Gasteiger partial charge in [0.05, 0.1) is 11.0 Å². The van der Waals surface area contributed by atoms with Crippen LogP contribution in [-0.4, -0.2) is 4.57 Å². The molecule has 0 N–H and O–H groups in total. The van der Waals surface area contributed by atoms with Crippen molar-refractivity contribution in [1.29, 1.82) is 0 Å². The molecule has 0 unspecified atom stereocenters. The van der Waals surface area contributed by atoms with Gasteiger partial charge in [-0.1, -0.05) is 194 Å². The van der Waals surface area contributed by atoms with Crippen LogP contribution in [0.25, 0.3) is 92.8 Å². The van der Waals surface area contributed by atoms with Gasteiger partial charge in [-0.05, 0) is 133 Å². The van der Waals surface area contributed by atoms with E-state index in [2.05, 4.69) is 225 Å². The molecular formula is C61H47N. The summed E-state index contributed by atoms with van der Waals surface area (Å²) in [5.41, 5.74) is 12.7. The number of nitrogens with zero attached hydrogens (tertiary/aromatic N) is 1. The van der Waals surface area contributed by atoms with Crippen LogP contribution in [0.5, 0.6) is 0 Å². The Morgan fingerprint density at radius 2 is 0.887 bits per heavy atom. The summed E-state index contributed by atoms with van der Waals surface area (Å²) >= 11 is 0. The van der Waals surface area contributed by atoms with E-state index >= 15 is 0 Å². The molecule has 296 valence electrons. The van der Waals surface area contributed by atoms with Gasteiger partial charge in [0.25, 0.3) is 0 Å². The van der Waals surface area contributed by atoms with Crippen LogP contribution < -0.4 is 0 Å². The summed E-state index contributed by atoms with van der Waals surface area (Å²) in [4.78, 5) is 0. The molecule has 0 bridgehead atoms. The Balaban J connectivity index is 0.000000226. The summed E-state index contributed by atoms with van der Waals surface area (Å²) in [5, 5.41) is 12.9. The zero-order chi connectivity index (χ0) is 42.0. The number of benzene rings is 11. The van der Waals surface area contributed by atoms with Crippen molar-refractivity contribution in [1.82, 2.24) is 4.57 Å². The highest BCUT2D eigenvalue weighted by Crippen LogP contribution is 2.43. The van der Waals surface area contributed by atoms with Crippen molar-refractivity contribution in [2.24, 2.45) is 0 Å². The van der Waals surface area contributed by atoms with Gasteiger partial charge < -0.3 is 4.57 Å². The zero-order valence-corrected chi connectivity index (χ0v) is 35.2. The number of rotatable bonds is 5. The largest absolute Gasteiger partial charge is 0.309 e. The van der Waals surface area contributed by atoms with E-state index in [0.717, 1.165) is 6.42 Å². The van der Waals surface area contributed by atoms with Gasteiger partial charge >= 0.3 is 0 Å². The Kier molecular flexibility index (Phi) is 10.4. The highest BCUT2D eigenvalue weighted by atomic mass is 15.0. The van der Waals surface area contributed by atoms with Crippen molar-refractivity contribution in [3.8, 4) is 27.9 Å². The zero-order valence-electron chi connectivity index (χ0n) is 35.2. The third-order valence-corrected chi connectivity index (χ3v) is 12.4. The average Bonchev–Trinajstić information content (AvgIpc) is 3.67. The molecule has 0 spiro atoms. The Bertz CT molecular complexity index is 3460. The molecule has 1 heterocycles. The van der Waals surface area contributed by atoms with Gasteiger partial charge in [0.1, 0.15) is 0 Å². The van der Waals surface area contributed by atoms with E-state index in [-0.39, 0.29) is 0 Å². The molecule has 1 nitrogen and oxygen atoms in total. The summed E-state index contributed by atoms with van der Waals surface area (Å²) in [6.07, 6.45) is 2.89. The minimum absolute atomic E-state index is 0.973. The summed E-state index contributed by atoms with van der Waals surface area (Å²) in [5.74, 6) is 0. The van der Waals surface area contributed by atoms with E-state index in [0.29, 0.717) is 0 Å². The van der Waals surface area contributed by atoms with Crippen LogP contribution in [0.4, 0.5) is 0 Å². The number of aryl methyl sites for hydroxylation is 2. The first-order valence-corrected chi connectivity index (χ1v) is 21.5. The van der Waals surface area contributed by atoms with Gasteiger partial charge in [-0.3, -0.25) is 0 Å². The summed E-state index contributed by atoms with van der Waals surface area (Å²) < 4.78 is 2.40. The van der Waals surface area contributed by atoms with Crippen molar-refractivity contribution in [2.75, 3.05) is 0 Å². The molecule has 0 atom stereocenters. The van der Waals surface area contributed by atoms with E-state index in [4.69, 9.17) is 0 Å². The van der Waals surface area contributed by atoms with Gasteiger partial charge in [-0.15, -0.1) is 6.58 Å². The number of aromatic nitrogens is 1. The third kappa shape index (κ3) is 7.18. The summed E-state index contributed by atoms with van der Waals surface area (Å²) in [6, 6.07) is 79.0. The fourth-order valence-corrected chi connectivity index (χ4v) is 9.12. The molecule has 0 saturated carbocycles. The molecule has 0 amide bonds. The van der Waals surface area contributed by atoms with Gasteiger partial charge in [0.2, 0.25) is 0 Å². The molecule has 0 aliphatic rings. The number of fused-ring (bicyclic) bond motifs is 4. The number of hydrogen-bond donors (Lipinski definition) is 0. The van der Waals surface area contributed by atoms with Crippen molar-refractivity contribution < 1.29 is 0 Å². The quantitative estimate of drug-likeness (QED) is 0.121. The smallest absolute Gasteiger partial charge is 0.0541 e. The second-order valence-corrected chi connectivity index (χ2v) is 16.2. The maximum Gasteiger partial charge on any atom is 0.0541 e. The van der Waals surface area contributed by atoms with Gasteiger partial charge in [-0.2, -0.15) is 0 Å². The standard InChI is InChI=1S/C44H27N.C9H10.C8H10/c1-2-9-31-26-33(17-16-28(31)8-1)36-23-19-30-20-24-39-35(22-18-29-21-25-40(36)44(30)43(29)39)32-10-7-11-34(27-32)45-41-14-5-3-12-37(41)38-13-4-6-15-42(38)45;1-2-6-9-7-4-3-5-8-9;1-7-5-3-4-6-8(7)2/h1-27H;2-5,7-8H,1,6H2;3-6H,1-2H3. The van der Waals surface area contributed by atoms with Crippen LogP contribution in [0.2, 0.25) is 0 Å². The van der Waals surface area contributed by atoms with E-state index < -0.39 is 0 Å². The van der Waals surface area contributed by atoms with Crippen molar-refractivity contribution >= 4 is 64.9 Å². The lowest BCUT2D eigenvalue weighted by molar-refractivity contribution is 1.18. The molecule has 12 aromatic rings. The fourth-order valence-electron chi connectivity index (χ4n) is 9.12. The predicted octanol–water partition coefficient (Wildman–Crippen LogP) is 16.9. The monoisotopic (exact) mass is 793 g/mol. The SMILES string of the molecule is C=CCc1ccccc1.Cc1ccccc1C.c1cc(-c2ccc3ccc4c(-c5ccc6ccccc6c5)ccc5ccc2c3c54)cc(-n2c3ccccc3c3ccccc32)c1. The molecule has 62 heavy (non-hydrogen) atoms. The van der Waals surface area contributed by atoms with Crippen LogP contribution >= 0.6 is 0 Å². The lowest BCUT2D eigenvalue weighted by atomic mass is 9.87. The van der Waals surface area contributed by atoms with Crippen molar-refractivity contribution in [3.05, 3.63) is 248 Å². The maximum atomic E-state index is 3.66. The highest BCUT2D eigenvalue weighted by Gasteiger charge is 2.17. The Morgan fingerprint density at radius 1 is 0.387 bits per heavy atom. The van der Waals surface area contributed by atoms with Crippen molar-refractivity contribution in [3.63, 3.8) is 0 Å². The van der Waals surface area contributed by atoms with Crippen LogP contribution in [-0.2, 0) is 6.42 Å². The van der Waals surface area contributed by atoms with E-state index in [1.54, 1.807) is 0 Å². The number of allylic oxidation sites excluding steroid dienone is 1. The minimum Gasteiger partial charge on any atom is -0.309 e. The topological polar surface area (TPSA) is 4.93 Å². The normalized spacial score (nSPS) is 11.2. The molecule has 12 rings (SSSR count). The summed E-state index contributed by atoms with van der Waals surface area (Å²) in [6.45, 7) is 7.90. The van der Waals surface area contributed by atoms with Crippen LogP contribution in [0.1, 0.15) is 16.7 Å². The predicted molar refractivity (Wildman–Crippen MR) is 269 cm³/mol. The van der Waals surface area contributed by atoms with E-state index in [9.17, 15) is 0 Å². The number of hydrogen-bond acceptors (Lipinski definition) is 0. The first-order chi connectivity index (χ1) is 30.6. The van der Waals surface area contributed by atoms with Crippen LogP contribution in [0.3, 0.4) is 0 Å². The molecule has 1 aromatic heterocycles. The lowest BCUT2D eigenvalue weighted by Crippen LogP contribution is -1.94. The van der Waals surface area contributed by atoms with Crippen LogP contribution in [0, 0.1) is 13.8 Å². The second kappa shape index (κ2) is 16.7. The Hall–Kier alpha value is -7.74. The Morgan fingerprint density at radius 3 is 1.48 bits per heavy atom. The fraction of sp³-hybridized carbons (Fsp3) is 0.0492. The molecule has 0 aliphatic heterocycles. The van der Waals surface area contributed by atoms with E-state index in [1.807, 2.05) is 24.3 Å². The van der Waals surface area contributed by atoms with Gasteiger partial charge in [-0.25, -0.2) is 0 Å². The maximum absolute atomic E-state index is 3.66. The van der Waals surface area contributed by atoms with E-state index in [1.165, 1.54) is 110 Å². The first-order valence-electron chi connectivity index (χ1n) is 21.5.